The van der Waals surface area contributed by atoms with Crippen LogP contribution in [0.4, 0.5) is 0 Å². The van der Waals surface area contributed by atoms with Crippen LogP contribution in [0.2, 0.25) is 0 Å². The average molecular weight is 363 g/mol. The Bertz CT molecular complexity index is 646. The lowest BCUT2D eigenvalue weighted by atomic mass is 10.1. The monoisotopic (exact) mass is 362 g/mol. The molecule has 0 saturated carbocycles. The lowest BCUT2D eigenvalue weighted by molar-refractivity contribution is 0.0976. The molecule has 1 atom stereocenters. The highest BCUT2D eigenvalue weighted by molar-refractivity contribution is 9.10. The van der Waals surface area contributed by atoms with Gasteiger partial charge in [-0.1, -0.05) is 42.5 Å². The predicted molar refractivity (Wildman–Crippen MR) is 92.2 cm³/mol. The second-order valence-corrected chi connectivity index (χ2v) is 5.80. The summed E-state index contributed by atoms with van der Waals surface area (Å²) < 4.78 is 0.737. The molecule has 0 aliphatic rings. The summed E-state index contributed by atoms with van der Waals surface area (Å²) in [6.07, 6.45) is 0. The summed E-state index contributed by atoms with van der Waals surface area (Å²) in [4.78, 5) is 12.1. The maximum absolute atomic E-state index is 12.1. The van der Waals surface area contributed by atoms with E-state index in [1.165, 1.54) is 0 Å². The third-order valence-corrected chi connectivity index (χ3v) is 3.90. The van der Waals surface area contributed by atoms with Gasteiger partial charge in [0.2, 0.25) is 0 Å². The number of hydrogen-bond acceptors (Lipinski definition) is 2. The van der Waals surface area contributed by atoms with E-state index in [2.05, 4.69) is 26.6 Å². The van der Waals surface area contributed by atoms with Crippen LogP contribution < -0.4 is 10.6 Å². The van der Waals surface area contributed by atoms with Gasteiger partial charge >= 0.3 is 0 Å². The lowest BCUT2D eigenvalue weighted by Crippen LogP contribution is -2.40. The van der Waals surface area contributed by atoms with Crippen molar-refractivity contribution in [2.45, 2.75) is 13.0 Å². The zero-order valence-corrected chi connectivity index (χ0v) is 13.9. The molecule has 0 radical (unpaired) electrons. The first-order chi connectivity index (χ1) is 10.1. The summed E-state index contributed by atoms with van der Waals surface area (Å²) in [7, 11) is 0. The van der Waals surface area contributed by atoms with Crippen molar-refractivity contribution in [3.8, 4) is 0 Å². The van der Waals surface area contributed by atoms with E-state index >= 15 is 0 Å². The topological polar surface area (TPSA) is 41.1 Å². The zero-order valence-electron chi connectivity index (χ0n) is 11.5. The van der Waals surface area contributed by atoms with Crippen molar-refractivity contribution >= 4 is 39.2 Å². The number of benzene rings is 2. The van der Waals surface area contributed by atoms with E-state index in [4.69, 9.17) is 12.2 Å². The van der Waals surface area contributed by atoms with Gasteiger partial charge in [0.05, 0.1) is 11.6 Å². The molecule has 108 valence electrons. The van der Waals surface area contributed by atoms with E-state index in [-0.39, 0.29) is 11.9 Å². The van der Waals surface area contributed by atoms with E-state index in [9.17, 15) is 4.79 Å². The standard InChI is InChI=1S/C16H15BrN2OS/c1-11(12-7-3-2-4-8-12)18-16(21)19-15(20)13-9-5-6-10-14(13)17/h2-11H,1H3,(H2,18,19,20,21)/t11-/m0/s1. The highest BCUT2D eigenvalue weighted by Gasteiger charge is 2.12. The number of carbonyl (C=O) groups is 1. The molecule has 0 aromatic heterocycles. The Labute approximate surface area is 137 Å². The molecule has 2 N–H and O–H groups in total. The van der Waals surface area contributed by atoms with Crippen molar-refractivity contribution in [1.82, 2.24) is 10.6 Å². The fourth-order valence-corrected chi connectivity index (χ4v) is 2.61. The fourth-order valence-electron chi connectivity index (χ4n) is 1.87. The fraction of sp³-hybridized carbons (Fsp3) is 0.125. The van der Waals surface area contributed by atoms with E-state index in [1.807, 2.05) is 55.5 Å². The van der Waals surface area contributed by atoms with Crippen LogP contribution in [0.3, 0.4) is 0 Å². The van der Waals surface area contributed by atoms with Gasteiger partial charge in [0.1, 0.15) is 0 Å². The molecular formula is C16H15BrN2OS. The molecule has 0 fully saturated rings. The Kier molecular flexibility index (Phi) is 5.47. The molecule has 0 saturated heterocycles. The van der Waals surface area contributed by atoms with Gasteiger partial charge in [-0.3, -0.25) is 10.1 Å². The van der Waals surface area contributed by atoms with E-state index in [0.29, 0.717) is 10.7 Å². The third-order valence-electron chi connectivity index (χ3n) is 2.99. The van der Waals surface area contributed by atoms with Crippen LogP contribution in [0.15, 0.2) is 59.1 Å². The van der Waals surface area contributed by atoms with Gasteiger partial charge < -0.3 is 5.32 Å². The van der Waals surface area contributed by atoms with Crippen molar-refractivity contribution in [2.24, 2.45) is 0 Å². The maximum atomic E-state index is 12.1. The first-order valence-electron chi connectivity index (χ1n) is 6.49. The van der Waals surface area contributed by atoms with Crippen LogP contribution in [0.5, 0.6) is 0 Å². The highest BCUT2D eigenvalue weighted by Crippen LogP contribution is 2.15. The van der Waals surface area contributed by atoms with Crippen LogP contribution in [0, 0.1) is 0 Å². The molecule has 5 heteroatoms. The molecule has 2 rings (SSSR count). The van der Waals surface area contributed by atoms with Crippen LogP contribution in [0.1, 0.15) is 28.9 Å². The predicted octanol–water partition coefficient (Wildman–Crippen LogP) is 3.81. The van der Waals surface area contributed by atoms with Crippen LogP contribution >= 0.6 is 28.1 Å². The number of rotatable bonds is 3. The zero-order chi connectivity index (χ0) is 15.2. The lowest BCUT2D eigenvalue weighted by Gasteiger charge is -2.17. The minimum absolute atomic E-state index is 0.0261. The van der Waals surface area contributed by atoms with Crippen molar-refractivity contribution in [2.75, 3.05) is 0 Å². The summed E-state index contributed by atoms with van der Waals surface area (Å²) in [5.74, 6) is -0.236. The molecule has 0 heterocycles. The van der Waals surface area contributed by atoms with Crippen molar-refractivity contribution in [3.05, 3.63) is 70.2 Å². The molecule has 21 heavy (non-hydrogen) atoms. The summed E-state index contributed by atoms with van der Waals surface area (Å²) in [6.45, 7) is 1.99. The normalized spacial score (nSPS) is 11.5. The molecule has 0 unspecified atom stereocenters. The summed E-state index contributed by atoms with van der Waals surface area (Å²) in [6, 6.07) is 17.2. The number of nitrogens with one attached hydrogen (secondary N) is 2. The first kappa shape index (κ1) is 15.7. The van der Waals surface area contributed by atoms with Gasteiger partial charge in [-0.25, -0.2) is 0 Å². The van der Waals surface area contributed by atoms with Gasteiger partial charge in [-0.05, 0) is 52.8 Å². The maximum Gasteiger partial charge on any atom is 0.258 e. The van der Waals surface area contributed by atoms with Crippen molar-refractivity contribution < 1.29 is 4.79 Å². The Hall–Kier alpha value is -1.72. The van der Waals surface area contributed by atoms with Gasteiger partial charge in [0.25, 0.3) is 5.91 Å². The Morgan fingerprint density at radius 3 is 2.38 bits per heavy atom. The number of carbonyl (C=O) groups excluding carboxylic acids is 1. The van der Waals surface area contributed by atoms with Crippen LogP contribution in [-0.4, -0.2) is 11.0 Å². The Morgan fingerprint density at radius 1 is 1.10 bits per heavy atom. The third kappa shape index (κ3) is 4.37. The van der Waals surface area contributed by atoms with Crippen LogP contribution in [-0.2, 0) is 0 Å². The Balaban J connectivity index is 1.96. The second-order valence-electron chi connectivity index (χ2n) is 4.54. The van der Waals surface area contributed by atoms with Crippen molar-refractivity contribution in [1.29, 1.82) is 0 Å². The SMILES string of the molecule is C[C@H](NC(=S)NC(=O)c1ccccc1Br)c1ccccc1. The minimum atomic E-state index is -0.236. The molecule has 0 spiro atoms. The van der Waals surface area contributed by atoms with E-state index in [1.54, 1.807) is 6.07 Å². The van der Waals surface area contributed by atoms with E-state index < -0.39 is 0 Å². The molecule has 3 nitrogen and oxygen atoms in total. The first-order valence-corrected chi connectivity index (χ1v) is 7.69. The van der Waals surface area contributed by atoms with Gasteiger partial charge in [0.15, 0.2) is 5.11 Å². The largest absolute Gasteiger partial charge is 0.356 e. The van der Waals surface area contributed by atoms with Crippen molar-refractivity contribution in [3.63, 3.8) is 0 Å². The van der Waals surface area contributed by atoms with Crippen LogP contribution in [0.25, 0.3) is 0 Å². The smallest absolute Gasteiger partial charge is 0.258 e. The van der Waals surface area contributed by atoms with E-state index in [0.717, 1.165) is 10.0 Å². The molecule has 1 amide bonds. The van der Waals surface area contributed by atoms with Gasteiger partial charge in [-0.15, -0.1) is 0 Å². The summed E-state index contributed by atoms with van der Waals surface area (Å²) >= 11 is 8.54. The highest BCUT2D eigenvalue weighted by atomic mass is 79.9. The van der Waals surface area contributed by atoms with Gasteiger partial charge in [0, 0.05) is 4.47 Å². The average Bonchev–Trinajstić information content (AvgIpc) is 2.48. The summed E-state index contributed by atoms with van der Waals surface area (Å²) in [5.41, 5.74) is 1.66. The number of halogens is 1. The molecule has 2 aromatic carbocycles. The molecule has 0 aliphatic heterocycles. The molecule has 2 aromatic rings. The molecular weight excluding hydrogens is 348 g/mol. The number of hydrogen-bond donors (Lipinski definition) is 2. The quantitative estimate of drug-likeness (QED) is 0.815. The molecule has 0 bridgehead atoms. The summed E-state index contributed by atoms with van der Waals surface area (Å²) in [5, 5.41) is 6.10. The minimum Gasteiger partial charge on any atom is -0.356 e. The molecule has 0 aliphatic carbocycles. The number of amides is 1. The number of thiocarbonyl (C=S) groups is 1. The Morgan fingerprint density at radius 2 is 1.71 bits per heavy atom. The second kappa shape index (κ2) is 7.33. The van der Waals surface area contributed by atoms with Gasteiger partial charge in [-0.2, -0.15) is 0 Å².